The first-order valence-corrected chi connectivity index (χ1v) is 12.3. The predicted molar refractivity (Wildman–Crippen MR) is 135 cm³/mol. The number of piperazine rings is 1. The number of fused-ring (bicyclic) bond motifs is 2. The summed E-state index contributed by atoms with van der Waals surface area (Å²) in [6, 6.07) is 10.3. The lowest BCUT2D eigenvalue weighted by molar-refractivity contribution is 0.0240. The topological polar surface area (TPSA) is 86.8 Å². The second kappa shape index (κ2) is 9.37. The normalized spacial score (nSPS) is 18.5. The molecule has 0 bridgehead atoms. The van der Waals surface area contributed by atoms with Crippen LogP contribution in [0.5, 0.6) is 5.75 Å². The Morgan fingerprint density at radius 1 is 1.20 bits per heavy atom. The molecule has 0 saturated carbocycles. The summed E-state index contributed by atoms with van der Waals surface area (Å²) < 4.78 is 11.3. The van der Waals surface area contributed by atoms with Gasteiger partial charge in [0.05, 0.1) is 36.1 Å². The molecule has 1 aromatic carbocycles. The third-order valence-corrected chi connectivity index (χ3v) is 6.51. The van der Waals surface area contributed by atoms with Crippen molar-refractivity contribution in [2.75, 3.05) is 44.7 Å². The lowest BCUT2D eigenvalue weighted by atomic mass is 10.1. The highest BCUT2D eigenvalue weighted by Gasteiger charge is 2.28. The van der Waals surface area contributed by atoms with Gasteiger partial charge in [0, 0.05) is 38.8 Å². The molecule has 1 atom stereocenters. The molecule has 0 aliphatic carbocycles. The zero-order valence-corrected chi connectivity index (χ0v) is 21.0. The number of carbonyl (C=O) groups excluding carboxylic acids is 1. The summed E-state index contributed by atoms with van der Waals surface area (Å²) in [5.41, 5.74) is 3.58. The van der Waals surface area contributed by atoms with Gasteiger partial charge in [-0.05, 0) is 52.1 Å². The molecule has 5 rings (SSSR count). The number of rotatable bonds is 4. The number of para-hydroxylation sites is 1. The fourth-order valence-electron chi connectivity index (χ4n) is 4.82. The molecule has 9 nitrogen and oxygen atoms in total. The summed E-state index contributed by atoms with van der Waals surface area (Å²) in [7, 11) is 2.11. The molecule has 35 heavy (non-hydrogen) atoms. The van der Waals surface area contributed by atoms with Crippen LogP contribution in [0.2, 0.25) is 0 Å². The highest BCUT2D eigenvalue weighted by atomic mass is 16.6. The van der Waals surface area contributed by atoms with E-state index in [9.17, 15) is 4.79 Å². The number of aromatic nitrogens is 3. The summed E-state index contributed by atoms with van der Waals surface area (Å²) >= 11 is 0. The van der Waals surface area contributed by atoms with Gasteiger partial charge in [0.15, 0.2) is 0 Å². The van der Waals surface area contributed by atoms with Crippen LogP contribution in [0.1, 0.15) is 44.8 Å². The third kappa shape index (κ3) is 5.05. The lowest BCUT2D eigenvalue weighted by Crippen LogP contribution is -2.50. The van der Waals surface area contributed by atoms with E-state index >= 15 is 0 Å². The van der Waals surface area contributed by atoms with Crippen molar-refractivity contribution in [2.45, 2.75) is 45.4 Å². The van der Waals surface area contributed by atoms with Gasteiger partial charge >= 0.3 is 6.09 Å². The largest absolute Gasteiger partial charge is 0.492 e. The van der Waals surface area contributed by atoms with Gasteiger partial charge < -0.3 is 24.3 Å². The molecule has 2 aromatic heterocycles. The van der Waals surface area contributed by atoms with E-state index < -0.39 is 5.60 Å². The van der Waals surface area contributed by atoms with E-state index in [4.69, 9.17) is 14.5 Å². The van der Waals surface area contributed by atoms with Crippen molar-refractivity contribution in [1.29, 1.82) is 0 Å². The number of benzene rings is 1. The number of nitrogens with zero attached hydrogens (tertiary/aromatic N) is 5. The molecule has 3 aromatic rings. The van der Waals surface area contributed by atoms with Crippen LogP contribution < -0.4 is 9.64 Å². The van der Waals surface area contributed by atoms with Crippen molar-refractivity contribution in [2.24, 2.45) is 0 Å². The SMILES string of the molecule is CN(Cc1nc2c(N3CCN(C(=O)OC(C)(C)C)CC3)cccc2[nH]1)C1CCOc2cccnc21. The maximum absolute atomic E-state index is 12.4. The van der Waals surface area contributed by atoms with Gasteiger partial charge in [-0.25, -0.2) is 9.78 Å². The molecule has 1 amide bonds. The maximum Gasteiger partial charge on any atom is 0.410 e. The molecule has 2 aliphatic heterocycles. The van der Waals surface area contributed by atoms with Gasteiger partial charge in [0.2, 0.25) is 0 Å². The second-order valence-corrected chi connectivity index (χ2v) is 10.3. The lowest BCUT2D eigenvalue weighted by Gasteiger charge is -2.36. The Kier molecular flexibility index (Phi) is 6.27. The average Bonchev–Trinajstić information content (AvgIpc) is 3.25. The van der Waals surface area contributed by atoms with Crippen molar-refractivity contribution < 1.29 is 14.3 Å². The van der Waals surface area contributed by atoms with Crippen LogP contribution in [0.3, 0.4) is 0 Å². The Balaban J connectivity index is 1.29. The molecular formula is C26H34N6O3. The van der Waals surface area contributed by atoms with Gasteiger partial charge in [-0.1, -0.05) is 6.07 Å². The molecular weight excluding hydrogens is 444 g/mol. The number of nitrogens with one attached hydrogen (secondary N) is 1. The average molecular weight is 479 g/mol. The number of anilines is 1. The van der Waals surface area contributed by atoms with Crippen LogP contribution in [0.4, 0.5) is 10.5 Å². The van der Waals surface area contributed by atoms with E-state index in [0.29, 0.717) is 26.2 Å². The van der Waals surface area contributed by atoms with Crippen molar-refractivity contribution in [3.05, 3.63) is 48.0 Å². The van der Waals surface area contributed by atoms with E-state index in [1.54, 1.807) is 4.90 Å². The second-order valence-electron chi connectivity index (χ2n) is 10.3. The van der Waals surface area contributed by atoms with Crippen LogP contribution >= 0.6 is 0 Å². The monoisotopic (exact) mass is 478 g/mol. The minimum absolute atomic E-state index is 0.188. The number of aromatic amines is 1. The number of H-pyrrole nitrogens is 1. The highest BCUT2D eigenvalue weighted by molar-refractivity contribution is 5.89. The molecule has 1 N–H and O–H groups in total. The van der Waals surface area contributed by atoms with E-state index in [-0.39, 0.29) is 12.1 Å². The van der Waals surface area contributed by atoms with Gasteiger partial charge in [-0.3, -0.25) is 9.88 Å². The van der Waals surface area contributed by atoms with E-state index in [2.05, 4.69) is 45.0 Å². The number of hydrogen-bond donors (Lipinski definition) is 1. The first kappa shape index (κ1) is 23.4. The fraction of sp³-hybridized carbons (Fsp3) is 0.500. The molecule has 186 valence electrons. The first-order chi connectivity index (χ1) is 16.8. The number of imidazole rings is 1. The van der Waals surface area contributed by atoms with Gasteiger partial charge in [-0.2, -0.15) is 0 Å². The van der Waals surface area contributed by atoms with E-state index in [0.717, 1.165) is 53.5 Å². The number of carbonyl (C=O) groups is 1. The van der Waals surface area contributed by atoms with Crippen molar-refractivity contribution in [3.63, 3.8) is 0 Å². The molecule has 1 saturated heterocycles. The Labute approximate surface area is 206 Å². The molecule has 4 heterocycles. The van der Waals surface area contributed by atoms with Gasteiger partial charge in [-0.15, -0.1) is 0 Å². The first-order valence-electron chi connectivity index (χ1n) is 12.3. The van der Waals surface area contributed by atoms with Crippen molar-refractivity contribution in [1.82, 2.24) is 24.8 Å². The number of hydrogen-bond acceptors (Lipinski definition) is 7. The van der Waals surface area contributed by atoms with Crippen LogP contribution in [-0.4, -0.2) is 76.3 Å². The van der Waals surface area contributed by atoms with Gasteiger partial charge in [0.1, 0.15) is 22.7 Å². The van der Waals surface area contributed by atoms with Crippen LogP contribution in [0.25, 0.3) is 11.0 Å². The molecule has 1 fully saturated rings. The summed E-state index contributed by atoms with van der Waals surface area (Å²) in [5, 5.41) is 0. The highest BCUT2D eigenvalue weighted by Crippen LogP contribution is 2.34. The number of pyridine rings is 1. The molecule has 0 spiro atoms. The summed E-state index contributed by atoms with van der Waals surface area (Å²) in [6.07, 6.45) is 2.47. The fourth-order valence-corrected chi connectivity index (χ4v) is 4.82. The zero-order chi connectivity index (χ0) is 24.6. The number of ether oxygens (including phenoxy) is 2. The Hall–Kier alpha value is -3.33. The molecule has 9 heteroatoms. The quantitative estimate of drug-likeness (QED) is 0.607. The summed E-state index contributed by atoms with van der Waals surface area (Å²) in [4.78, 5) is 31.9. The minimum Gasteiger partial charge on any atom is -0.492 e. The smallest absolute Gasteiger partial charge is 0.410 e. The molecule has 0 radical (unpaired) electrons. The van der Waals surface area contributed by atoms with Crippen LogP contribution in [0, 0.1) is 0 Å². The van der Waals surface area contributed by atoms with Crippen molar-refractivity contribution in [3.8, 4) is 5.75 Å². The molecule has 2 aliphatic rings. The molecule has 1 unspecified atom stereocenters. The minimum atomic E-state index is -0.485. The standard InChI is InChI=1S/C26H34N6O3/c1-26(2,3)35-25(33)32-14-12-31(13-15-32)20-8-5-7-18-23(20)29-22(28-18)17-30(4)19-10-16-34-21-9-6-11-27-24(19)21/h5-9,11,19H,10,12-17H2,1-4H3,(H,28,29). The Morgan fingerprint density at radius 3 is 2.77 bits per heavy atom. The van der Waals surface area contributed by atoms with Gasteiger partial charge in [0.25, 0.3) is 0 Å². The summed E-state index contributed by atoms with van der Waals surface area (Å²) in [6.45, 7) is 9.79. The summed E-state index contributed by atoms with van der Waals surface area (Å²) in [5.74, 6) is 1.79. The van der Waals surface area contributed by atoms with E-state index in [1.807, 2.05) is 39.1 Å². The predicted octanol–water partition coefficient (Wildman–Crippen LogP) is 3.97. The third-order valence-electron chi connectivity index (χ3n) is 6.51. The van der Waals surface area contributed by atoms with Crippen LogP contribution in [0.15, 0.2) is 36.5 Å². The van der Waals surface area contributed by atoms with E-state index in [1.165, 1.54) is 0 Å². The number of amides is 1. The maximum atomic E-state index is 12.4. The Bertz CT molecular complexity index is 1200. The van der Waals surface area contributed by atoms with Crippen LogP contribution in [-0.2, 0) is 11.3 Å². The van der Waals surface area contributed by atoms with Crippen molar-refractivity contribution >= 4 is 22.8 Å². The zero-order valence-electron chi connectivity index (χ0n) is 21.0. The Morgan fingerprint density at radius 2 is 2.00 bits per heavy atom.